The van der Waals surface area contributed by atoms with E-state index in [1.165, 1.54) is 0 Å². The van der Waals surface area contributed by atoms with Crippen LogP contribution in [0.15, 0.2) is 0 Å². The van der Waals surface area contributed by atoms with E-state index < -0.39 is 0 Å². The number of nitrogens with one attached hydrogen (secondary N) is 2. The van der Waals surface area contributed by atoms with E-state index in [-0.39, 0.29) is 5.91 Å². The number of rotatable bonds is 5. The van der Waals surface area contributed by atoms with Gasteiger partial charge in [0.2, 0.25) is 0 Å². The van der Waals surface area contributed by atoms with Gasteiger partial charge in [0.1, 0.15) is 0 Å². The van der Waals surface area contributed by atoms with E-state index in [2.05, 4.69) is 41.4 Å². The molecule has 23 heavy (non-hydrogen) atoms. The van der Waals surface area contributed by atoms with Gasteiger partial charge in [-0.05, 0) is 47.5 Å². The van der Waals surface area contributed by atoms with Crippen LogP contribution >= 0.6 is 0 Å². The second kappa shape index (κ2) is 5.83. The Hall–Kier alpha value is -2.11. The van der Waals surface area contributed by atoms with E-state index in [0.29, 0.717) is 18.5 Å². The van der Waals surface area contributed by atoms with Gasteiger partial charge in [-0.2, -0.15) is 10.2 Å². The van der Waals surface area contributed by atoms with Crippen molar-refractivity contribution in [1.29, 1.82) is 0 Å². The van der Waals surface area contributed by atoms with Crippen LogP contribution in [0.5, 0.6) is 0 Å². The van der Waals surface area contributed by atoms with Crippen molar-refractivity contribution >= 4 is 5.91 Å². The minimum Gasteiger partial charge on any atom is -0.348 e. The number of H-pyrrole nitrogens is 1. The number of aromatic amines is 1. The van der Waals surface area contributed by atoms with Gasteiger partial charge in [0, 0.05) is 35.5 Å². The molecule has 6 nitrogen and oxygen atoms in total. The van der Waals surface area contributed by atoms with Crippen LogP contribution in [-0.4, -0.2) is 25.9 Å². The topological polar surface area (TPSA) is 75.6 Å². The normalized spacial score (nSPS) is 14.5. The molecular weight excluding hydrogens is 290 g/mol. The zero-order chi connectivity index (χ0) is 16.7. The van der Waals surface area contributed by atoms with E-state index in [9.17, 15) is 4.79 Å². The number of amides is 1. The van der Waals surface area contributed by atoms with Crippen LogP contribution in [-0.2, 0) is 6.54 Å². The largest absolute Gasteiger partial charge is 0.348 e. The molecule has 0 radical (unpaired) electrons. The smallest absolute Gasteiger partial charge is 0.255 e. The molecule has 1 saturated carbocycles. The average molecular weight is 315 g/mol. The van der Waals surface area contributed by atoms with Crippen LogP contribution < -0.4 is 5.32 Å². The van der Waals surface area contributed by atoms with E-state index in [1.54, 1.807) is 0 Å². The molecule has 0 aliphatic heterocycles. The maximum atomic E-state index is 12.6. The van der Waals surface area contributed by atoms with Gasteiger partial charge in [0.25, 0.3) is 5.91 Å². The standard InChI is InChI=1S/C17H25N5O/c1-9(2)22-12(5)14(10(3)21-22)8-18-17(23)15-11(4)19-20-16(15)13-6-7-13/h9,13H,6-8H2,1-5H3,(H,18,23)(H,19,20). The molecule has 2 heterocycles. The van der Waals surface area contributed by atoms with Crippen LogP contribution in [0.2, 0.25) is 0 Å². The van der Waals surface area contributed by atoms with E-state index in [4.69, 9.17) is 0 Å². The fourth-order valence-corrected chi connectivity index (χ4v) is 3.10. The molecule has 1 fully saturated rings. The summed E-state index contributed by atoms with van der Waals surface area (Å²) < 4.78 is 2.01. The monoisotopic (exact) mass is 315 g/mol. The summed E-state index contributed by atoms with van der Waals surface area (Å²) in [5.74, 6) is 0.405. The average Bonchev–Trinajstić information content (AvgIpc) is 3.20. The SMILES string of the molecule is Cc1nn(C(C)C)c(C)c1CNC(=O)c1c(C2CC2)n[nH]c1C. The van der Waals surface area contributed by atoms with Gasteiger partial charge in [-0.1, -0.05) is 0 Å². The molecule has 6 heteroatoms. The molecule has 1 amide bonds. The molecule has 3 rings (SSSR count). The summed E-state index contributed by atoms with van der Waals surface area (Å²) in [6.07, 6.45) is 2.26. The van der Waals surface area contributed by atoms with Crippen molar-refractivity contribution in [2.45, 2.75) is 66.0 Å². The molecule has 2 aromatic heterocycles. The van der Waals surface area contributed by atoms with Gasteiger partial charge in [-0.25, -0.2) is 0 Å². The van der Waals surface area contributed by atoms with Gasteiger partial charge in [-0.3, -0.25) is 14.6 Å². The predicted octanol–water partition coefficient (Wildman–Crippen LogP) is 2.92. The molecular formula is C17H25N5O. The van der Waals surface area contributed by atoms with Crippen molar-refractivity contribution < 1.29 is 4.79 Å². The summed E-state index contributed by atoms with van der Waals surface area (Å²) in [5, 5.41) is 14.9. The first kappa shape index (κ1) is 15.8. The number of nitrogens with zero attached hydrogens (tertiary/aromatic N) is 3. The summed E-state index contributed by atoms with van der Waals surface area (Å²) in [5.41, 5.74) is 5.68. The van der Waals surface area contributed by atoms with E-state index >= 15 is 0 Å². The Morgan fingerprint density at radius 1 is 1.35 bits per heavy atom. The van der Waals surface area contributed by atoms with Crippen LogP contribution in [0.1, 0.15) is 77.3 Å². The second-order valence-corrected chi connectivity index (χ2v) is 6.75. The Kier molecular flexibility index (Phi) is 4.00. The molecule has 124 valence electrons. The molecule has 0 unspecified atom stereocenters. The molecule has 2 aromatic rings. The van der Waals surface area contributed by atoms with Gasteiger partial charge in [0.15, 0.2) is 0 Å². The van der Waals surface area contributed by atoms with E-state index in [0.717, 1.165) is 46.7 Å². The molecule has 0 spiro atoms. The minimum atomic E-state index is -0.0470. The zero-order valence-electron chi connectivity index (χ0n) is 14.5. The van der Waals surface area contributed by atoms with Crippen molar-refractivity contribution in [2.24, 2.45) is 0 Å². The lowest BCUT2D eigenvalue weighted by molar-refractivity contribution is 0.0949. The van der Waals surface area contributed by atoms with Crippen LogP contribution in [0.3, 0.4) is 0 Å². The molecule has 0 saturated heterocycles. The highest BCUT2D eigenvalue weighted by Gasteiger charge is 2.32. The van der Waals surface area contributed by atoms with Crippen LogP contribution in [0.4, 0.5) is 0 Å². The van der Waals surface area contributed by atoms with Gasteiger partial charge >= 0.3 is 0 Å². The molecule has 1 aliphatic carbocycles. The molecule has 0 aromatic carbocycles. The first-order chi connectivity index (χ1) is 10.9. The number of carbonyl (C=O) groups excluding carboxylic acids is 1. The highest BCUT2D eigenvalue weighted by atomic mass is 16.1. The Labute approximate surface area is 136 Å². The Bertz CT molecular complexity index is 736. The minimum absolute atomic E-state index is 0.0470. The summed E-state index contributed by atoms with van der Waals surface area (Å²) >= 11 is 0. The summed E-state index contributed by atoms with van der Waals surface area (Å²) in [6, 6.07) is 0.315. The third-order valence-corrected chi connectivity index (χ3v) is 4.56. The third-order valence-electron chi connectivity index (χ3n) is 4.56. The molecule has 1 aliphatic rings. The van der Waals surface area contributed by atoms with Crippen molar-refractivity contribution in [2.75, 3.05) is 0 Å². The van der Waals surface area contributed by atoms with Crippen molar-refractivity contribution in [3.05, 3.63) is 33.9 Å². The van der Waals surface area contributed by atoms with Crippen molar-refractivity contribution in [3.8, 4) is 0 Å². The van der Waals surface area contributed by atoms with Crippen molar-refractivity contribution in [3.63, 3.8) is 0 Å². The lowest BCUT2D eigenvalue weighted by Gasteiger charge is -2.09. The zero-order valence-corrected chi connectivity index (χ0v) is 14.5. The highest BCUT2D eigenvalue weighted by molar-refractivity contribution is 5.96. The van der Waals surface area contributed by atoms with Crippen molar-refractivity contribution in [1.82, 2.24) is 25.3 Å². The third kappa shape index (κ3) is 2.90. The number of aromatic nitrogens is 4. The second-order valence-electron chi connectivity index (χ2n) is 6.75. The van der Waals surface area contributed by atoms with Gasteiger partial charge in [0.05, 0.1) is 17.0 Å². The summed E-state index contributed by atoms with van der Waals surface area (Å²) in [6.45, 7) is 10.7. The number of hydrogen-bond donors (Lipinski definition) is 2. The fourth-order valence-electron chi connectivity index (χ4n) is 3.10. The maximum Gasteiger partial charge on any atom is 0.255 e. The maximum absolute atomic E-state index is 12.6. The summed E-state index contributed by atoms with van der Waals surface area (Å²) in [4.78, 5) is 12.6. The number of hydrogen-bond acceptors (Lipinski definition) is 3. The van der Waals surface area contributed by atoms with E-state index in [1.807, 2.05) is 18.5 Å². The number of carbonyl (C=O) groups is 1. The van der Waals surface area contributed by atoms with Gasteiger partial charge in [-0.15, -0.1) is 0 Å². The Balaban J connectivity index is 1.76. The quantitative estimate of drug-likeness (QED) is 0.890. The fraction of sp³-hybridized carbons (Fsp3) is 0.588. The predicted molar refractivity (Wildman–Crippen MR) is 88.6 cm³/mol. The molecule has 0 bridgehead atoms. The highest BCUT2D eigenvalue weighted by Crippen LogP contribution is 2.41. The lowest BCUT2D eigenvalue weighted by atomic mass is 10.1. The molecule has 2 N–H and O–H groups in total. The Morgan fingerprint density at radius 3 is 2.61 bits per heavy atom. The van der Waals surface area contributed by atoms with Crippen LogP contribution in [0.25, 0.3) is 0 Å². The first-order valence-electron chi connectivity index (χ1n) is 8.27. The number of aryl methyl sites for hydroxylation is 2. The lowest BCUT2D eigenvalue weighted by Crippen LogP contribution is -2.24. The summed E-state index contributed by atoms with van der Waals surface area (Å²) in [7, 11) is 0. The van der Waals surface area contributed by atoms with Gasteiger partial charge < -0.3 is 5.32 Å². The first-order valence-corrected chi connectivity index (χ1v) is 8.27. The van der Waals surface area contributed by atoms with Crippen LogP contribution in [0, 0.1) is 20.8 Å². The molecule has 0 atom stereocenters. The Morgan fingerprint density at radius 2 is 2.04 bits per heavy atom.